The third-order valence-corrected chi connectivity index (χ3v) is 4.49. The Labute approximate surface area is 125 Å². The van der Waals surface area contributed by atoms with Gasteiger partial charge in [0, 0.05) is 12.1 Å². The minimum absolute atomic E-state index is 0.364. The lowest BCUT2D eigenvalue weighted by Crippen LogP contribution is -2.45. The van der Waals surface area contributed by atoms with Crippen LogP contribution in [0.4, 0.5) is 0 Å². The molecule has 1 unspecified atom stereocenters. The Hall–Kier alpha value is -0.590. The Morgan fingerprint density at radius 3 is 2.45 bits per heavy atom. The van der Waals surface area contributed by atoms with E-state index < -0.39 is 0 Å². The van der Waals surface area contributed by atoms with Crippen LogP contribution in [-0.4, -0.2) is 36.1 Å². The van der Waals surface area contributed by atoms with Crippen molar-refractivity contribution >= 4 is 0 Å². The number of rotatable bonds is 8. The van der Waals surface area contributed by atoms with Gasteiger partial charge >= 0.3 is 0 Å². The maximum Gasteiger partial charge on any atom is 0.104 e. The Kier molecular flexibility index (Phi) is 7.55. The lowest BCUT2D eigenvalue weighted by Gasteiger charge is -2.31. The van der Waals surface area contributed by atoms with Crippen molar-refractivity contribution in [1.82, 2.24) is 10.2 Å². The van der Waals surface area contributed by atoms with Gasteiger partial charge in [-0.2, -0.15) is 5.26 Å². The van der Waals surface area contributed by atoms with Crippen molar-refractivity contribution in [2.24, 2.45) is 0 Å². The molecular formula is C17H33N3. The van der Waals surface area contributed by atoms with Crippen molar-refractivity contribution in [1.29, 1.82) is 5.26 Å². The monoisotopic (exact) mass is 279 g/mol. The Morgan fingerprint density at radius 1 is 1.25 bits per heavy atom. The molecule has 1 aliphatic carbocycles. The Morgan fingerprint density at radius 2 is 1.90 bits per heavy atom. The highest BCUT2D eigenvalue weighted by Crippen LogP contribution is 2.22. The molecule has 116 valence electrons. The fourth-order valence-corrected chi connectivity index (χ4v) is 3.34. The van der Waals surface area contributed by atoms with Crippen LogP contribution < -0.4 is 5.32 Å². The average molecular weight is 279 g/mol. The summed E-state index contributed by atoms with van der Waals surface area (Å²) < 4.78 is 0. The average Bonchev–Trinajstić information content (AvgIpc) is 2.43. The molecule has 0 aromatic rings. The highest BCUT2D eigenvalue weighted by Gasteiger charge is 2.24. The zero-order valence-corrected chi connectivity index (χ0v) is 13.9. The smallest absolute Gasteiger partial charge is 0.104 e. The third-order valence-electron chi connectivity index (χ3n) is 4.49. The van der Waals surface area contributed by atoms with Crippen molar-refractivity contribution in [3.63, 3.8) is 0 Å². The zero-order chi connectivity index (χ0) is 15.0. The van der Waals surface area contributed by atoms with E-state index >= 15 is 0 Å². The highest BCUT2D eigenvalue weighted by atomic mass is 15.1. The second-order valence-corrected chi connectivity index (χ2v) is 6.97. The van der Waals surface area contributed by atoms with Crippen LogP contribution in [0, 0.1) is 11.3 Å². The molecule has 0 radical (unpaired) electrons. The molecular weight excluding hydrogens is 246 g/mol. The van der Waals surface area contributed by atoms with Gasteiger partial charge in [0.15, 0.2) is 0 Å². The molecule has 0 spiro atoms. The molecule has 0 saturated heterocycles. The van der Waals surface area contributed by atoms with E-state index in [4.69, 9.17) is 0 Å². The van der Waals surface area contributed by atoms with E-state index in [1.54, 1.807) is 0 Å². The Bertz CT molecular complexity index is 302. The molecule has 1 saturated carbocycles. The molecule has 20 heavy (non-hydrogen) atoms. The topological polar surface area (TPSA) is 39.1 Å². The summed E-state index contributed by atoms with van der Waals surface area (Å²) in [6.07, 6.45) is 10.2. The van der Waals surface area contributed by atoms with E-state index in [1.165, 1.54) is 45.1 Å². The molecule has 0 aromatic heterocycles. The number of nitrogens with one attached hydrogen (secondary N) is 1. The van der Waals surface area contributed by atoms with Crippen LogP contribution in [0.1, 0.15) is 72.1 Å². The summed E-state index contributed by atoms with van der Waals surface area (Å²) in [5.41, 5.74) is -0.364. The first-order chi connectivity index (χ1) is 9.47. The highest BCUT2D eigenvalue weighted by molar-refractivity contribution is 5.04. The normalized spacial score (nSPS) is 20.1. The van der Waals surface area contributed by atoms with Gasteiger partial charge in [0.25, 0.3) is 0 Å². The van der Waals surface area contributed by atoms with Gasteiger partial charge in [0.1, 0.15) is 5.54 Å². The maximum absolute atomic E-state index is 9.32. The molecule has 3 nitrogen and oxygen atoms in total. The summed E-state index contributed by atoms with van der Waals surface area (Å²) >= 11 is 0. The van der Waals surface area contributed by atoms with Crippen LogP contribution in [0.2, 0.25) is 0 Å². The van der Waals surface area contributed by atoms with Crippen LogP contribution in [0.3, 0.4) is 0 Å². The maximum atomic E-state index is 9.32. The standard InChI is InChI=1S/C17H33N3/c1-15(2)19-17(3,14-18)12-8-9-13-20(4)16-10-6-5-7-11-16/h15-16,19H,5-13H2,1-4H3. The summed E-state index contributed by atoms with van der Waals surface area (Å²) in [4.78, 5) is 2.54. The lowest BCUT2D eigenvalue weighted by molar-refractivity contribution is 0.187. The number of hydrogen-bond donors (Lipinski definition) is 1. The molecule has 3 heteroatoms. The largest absolute Gasteiger partial charge is 0.303 e. The number of nitriles is 1. The quantitative estimate of drug-likeness (QED) is 0.689. The van der Waals surface area contributed by atoms with E-state index in [0.717, 1.165) is 18.9 Å². The van der Waals surface area contributed by atoms with Gasteiger partial charge < -0.3 is 4.90 Å². The summed E-state index contributed by atoms with van der Waals surface area (Å²) in [6, 6.07) is 3.61. The van der Waals surface area contributed by atoms with Gasteiger partial charge in [0.2, 0.25) is 0 Å². The summed E-state index contributed by atoms with van der Waals surface area (Å²) in [5, 5.41) is 12.7. The predicted octanol–water partition coefficient (Wildman–Crippen LogP) is 3.70. The van der Waals surface area contributed by atoms with Gasteiger partial charge in [-0.3, -0.25) is 5.32 Å². The van der Waals surface area contributed by atoms with Crippen molar-refractivity contribution in [2.45, 2.75) is 89.8 Å². The fraction of sp³-hybridized carbons (Fsp3) is 0.941. The van der Waals surface area contributed by atoms with Gasteiger partial charge in [-0.15, -0.1) is 0 Å². The first-order valence-electron chi connectivity index (χ1n) is 8.36. The van der Waals surface area contributed by atoms with Gasteiger partial charge in [0.05, 0.1) is 6.07 Å². The number of hydrogen-bond acceptors (Lipinski definition) is 3. The molecule has 1 aliphatic rings. The molecule has 0 aromatic carbocycles. The van der Waals surface area contributed by atoms with Crippen LogP contribution in [0.25, 0.3) is 0 Å². The van der Waals surface area contributed by atoms with E-state index in [9.17, 15) is 5.26 Å². The van der Waals surface area contributed by atoms with Crippen molar-refractivity contribution in [3.05, 3.63) is 0 Å². The molecule has 1 N–H and O–H groups in total. The van der Waals surface area contributed by atoms with Crippen LogP contribution >= 0.6 is 0 Å². The second kappa shape index (κ2) is 8.64. The number of nitrogens with zero attached hydrogens (tertiary/aromatic N) is 2. The van der Waals surface area contributed by atoms with Crippen LogP contribution in [-0.2, 0) is 0 Å². The van der Waals surface area contributed by atoms with Crippen molar-refractivity contribution < 1.29 is 0 Å². The summed E-state index contributed by atoms with van der Waals surface area (Å²) in [7, 11) is 2.27. The van der Waals surface area contributed by atoms with Gasteiger partial charge in [-0.25, -0.2) is 0 Å². The van der Waals surface area contributed by atoms with Crippen molar-refractivity contribution in [3.8, 4) is 6.07 Å². The summed E-state index contributed by atoms with van der Waals surface area (Å²) in [5.74, 6) is 0. The summed E-state index contributed by atoms with van der Waals surface area (Å²) in [6.45, 7) is 7.41. The number of unbranched alkanes of at least 4 members (excludes halogenated alkanes) is 1. The first-order valence-corrected chi connectivity index (χ1v) is 8.36. The fourth-order valence-electron chi connectivity index (χ4n) is 3.34. The predicted molar refractivity (Wildman–Crippen MR) is 85.6 cm³/mol. The van der Waals surface area contributed by atoms with E-state index in [1.807, 2.05) is 6.92 Å². The second-order valence-electron chi connectivity index (χ2n) is 6.97. The molecule has 0 aliphatic heterocycles. The van der Waals surface area contributed by atoms with E-state index in [2.05, 4.69) is 37.2 Å². The SMILES string of the molecule is CC(C)NC(C)(C#N)CCCCN(C)C1CCCCC1. The molecule has 1 rings (SSSR count). The lowest BCUT2D eigenvalue weighted by atomic mass is 9.93. The molecule has 1 atom stereocenters. The molecule has 1 fully saturated rings. The zero-order valence-electron chi connectivity index (χ0n) is 13.9. The minimum atomic E-state index is -0.364. The molecule has 0 heterocycles. The van der Waals surface area contributed by atoms with Crippen LogP contribution in [0.15, 0.2) is 0 Å². The Balaban J connectivity index is 2.21. The first kappa shape index (κ1) is 17.5. The van der Waals surface area contributed by atoms with E-state index in [0.29, 0.717) is 6.04 Å². The van der Waals surface area contributed by atoms with Crippen molar-refractivity contribution in [2.75, 3.05) is 13.6 Å². The van der Waals surface area contributed by atoms with E-state index in [-0.39, 0.29) is 5.54 Å². The van der Waals surface area contributed by atoms with Gasteiger partial charge in [-0.05, 0) is 66.5 Å². The molecule has 0 amide bonds. The molecule has 0 bridgehead atoms. The van der Waals surface area contributed by atoms with Crippen LogP contribution in [0.5, 0.6) is 0 Å². The van der Waals surface area contributed by atoms with Gasteiger partial charge in [-0.1, -0.05) is 19.3 Å². The third kappa shape index (κ3) is 6.24. The minimum Gasteiger partial charge on any atom is -0.303 e.